The van der Waals surface area contributed by atoms with Crippen LogP contribution in [0, 0.1) is 6.92 Å². The SMILES string of the molecule is [B]C(=C(O)O)c1ccccc1C. The van der Waals surface area contributed by atoms with E-state index < -0.39 is 5.95 Å². The fraction of sp³-hybridized carbons (Fsp3) is 0.111. The Morgan fingerprint density at radius 2 is 1.83 bits per heavy atom. The molecular weight excluding hydrogens is 151 g/mol. The lowest BCUT2D eigenvalue weighted by Crippen LogP contribution is -1.92. The second-order valence-electron chi connectivity index (χ2n) is 2.55. The monoisotopic (exact) mass is 160 g/mol. The Kier molecular flexibility index (Phi) is 2.43. The smallest absolute Gasteiger partial charge is 0.267 e. The number of hydrogen-bond donors (Lipinski definition) is 2. The molecule has 0 spiro atoms. The maximum atomic E-state index is 8.71. The molecule has 0 bridgehead atoms. The van der Waals surface area contributed by atoms with Crippen molar-refractivity contribution in [2.75, 3.05) is 0 Å². The fourth-order valence-electron chi connectivity index (χ4n) is 0.996. The fourth-order valence-corrected chi connectivity index (χ4v) is 0.996. The summed E-state index contributed by atoms with van der Waals surface area (Å²) in [6.07, 6.45) is 0. The van der Waals surface area contributed by atoms with E-state index in [2.05, 4.69) is 0 Å². The van der Waals surface area contributed by atoms with Crippen molar-refractivity contribution in [3.63, 3.8) is 0 Å². The van der Waals surface area contributed by atoms with Crippen molar-refractivity contribution >= 4 is 13.3 Å². The van der Waals surface area contributed by atoms with E-state index in [4.69, 9.17) is 18.1 Å². The van der Waals surface area contributed by atoms with Crippen LogP contribution in [0.1, 0.15) is 11.1 Å². The summed E-state index contributed by atoms with van der Waals surface area (Å²) in [7, 11) is 5.42. The minimum atomic E-state index is -0.829. The highest BCUT2D eigenvalue weighted by Crippen LogP contribution is 2.16. The molecule has 0 aliphatic rings. The second kappa shape index (κ2) is 3.35. The summed E-state index contributed by atoms with van der Waals surface area (Å²) >= 11 is 0. The van der Waals surface area contributed by atoms with Gasteiger partial charge in [-0.3, -0.25) is 0 Å². The molecule has 0 aliphatic carbocycles. The molecule has 0 saturated heterocycles. The average Bonchev–Trinajstić information content (AvgIpc) is 2.04. The highest BCUT2D eigenvalue weighted by molar-refractivity contribution is 6.42. The van der Waals surface area contributed by atoms with Crippen LogP contribution in [0.4, 0.5) is 0 Å². The molecule has 0 atom stereocenters. The minimum absolute atomic E-state index is 0.00750. The van der Waals surface area contributed by atoms with Gasteiger partial charge in [0, 0.05) is 0 Å². The van der Waals surface area contributed by atoms with Crippen LogP contribution < -0.4 is 0 Å². The Morgan fingerprint density at radius 3 is 2.33 bits per heavy atom. The van der Waals surface area contributed by atoms with E-state index in [0.29, 0.717) is 5.56 Å². The van der Waals surface area contributed by atoms with Gasteiger partial charge in [-0.05, 0) is 23.5 Å². The molecule has 0 fully saturated rings. The first kappa shape index (κ1) is 8.72. The molecule has 0 unspecified atom stereocenters. The minimum Gasteiger partial charge on any atom is -0.482 e. The van der Waals surface area contributed by atoms with Gasteiger partial charge in [-0.1, -0.05) is 24.3 Å². The van der Waals surface area contributed by atoms with Crippen molar-refractivity contribution in [3.8, 4) is 0 Å². The first-order valence-corrected chi connectivity index (χ1v) is 3.56. The number of aliphatic hydroxyl groups is 2. The second-order valence-corrected chi connectivity index (χ2v) is 2.55. The third-order valence-electron chi connectivity index (χ3n) is 1.68. The van der Waals surface area contributed by atoms with Gasteiger partial charge in [0.2, 0.25) is 0 Å². The zero-order valence-corrected chi connectivity index (χ0v) is 6.78. The molecule has 1 aromatic carbocycles. The third-order valence-corrected chi connectivity index (χ3v) is 1.68. The molecule has 2 nitrogen and oxygen atoms in total. The molecule has 0 amide bonds. The Balaban J connectivity index is 3.21. The van der Waals surface area contributed by atoms with Gasteiger partial charge in [0.05, 0.1) is 0 Å². The zero-order valence-electron chi connectivity index (χ0n) is 6.78. The molecule has 12 heavy (non-hydrogen) atoms. The van der Waals surface area contributed by atoms with E-state index in [0.717, 1.165) is 5.56 Å². The van der Waals surface area contributed by atoms with E-state index in [1.54, 1.807) is 12.1 Å². The summed E-state index contributed by atoms with van der Waals surface area (Å²) < 4.78 is 0. The Hall–Kier alpha value is -1.38. The first-order valence-electron chi connectivity index (χ1n) is 3.56. The number of rotatable bonds is 1. The summed E-state index contributed by atoms with van der Waals surface area (Å²) in [5.41, 5.74) is 1.57. The van der Waals surface area contributed by atoms with E-state index in [-0.39, 0.29) is 5.47 Å². The van der Waals surface area contributed by atoms with Crippen molar-refractivity contribution < 1.29 is 10.2 Å². The highest BCUT2D eigenvalue weighted by atomic mass is 16.5. The third kappa shape index (κ3) is 1.61. The molecule has 0 aromatic heterocycles. The van der Waals surface area contributed by atoms with Crippen molar-refractivity contribution in [1.82, 2.24) is 0 Å². The molecule has 1 rings (SSSR count). The predicted octanol–water partition coefficient (Wildman–Crippen LogP) is 1.91. The summed E-state index contributed by atoms with van der Waals surface area (Å²) in [5, 5.41) is 17.4. The summed E-state index contributed by atoms with van der Waals surface area (Å²) in [5.74, 6) is -0.829. The van der Waals surface area contributed by atoms with Crippen LogP contribution in [-0.2, 0) is 0 Å². The lowest BCUT2D eigenvalue weighted by atomic mass is 9.87. The van der Waals surface area contributed by atoms with Crippen LogP contribution in [0.3, 0.4) is 0 Å². The quantitative estimate of drug-likeness (QED) is 0.486. The van der Waals surface area contributed by atoms with Gasteiger partial charge in [0.15, 0.2) is 0 Å². The molecule has 0 heterocycles. The van der Waals surface area contributed by atoms with Gasteiger partial charge >= 0.3 is 0 Å². The van der Waals surface area contributed by atoms with Crippen LogP contribution in [0.15, 0.2) is 30.2 Å². The standard InChI is InChI=1S/C9H9BO2/c1-6-4-2-3-5-7(6)8(10)9(11)12/h2-5,11-12H,1H3. The Labute approximate surface area is 72.6 Å². The molecule has 3 heteroatoms. The van der Waals surface area contributed by atoms with E-state index >= 15 is 0 Å². The summed E-state index contributed by atoms with van der Waals surface area (Å²) in [6, 6.07) is 7.24. The van der Waals surface area contributed by atoms with E-state index in [1.165, 1.54) is 0 Å². The van der Waals surface area contributed by atoms with E-state index in [9.17, 15) is 0 Å². The molecule has 60 valence electrons. The zero-order chi connectivity index (χ0) is 9.14. The maximum absolute atomic E-state index is 8.71. The van der Waals surface area contributed by atoms with Gasteiger partial charge < -0.3 is 10.2 Å². The van der Waals surface area contributed by atoms with Crippen molar-refractivity contribution in [2.45, 2.75) is 6.92 Å². The summed E-state index contributed by atoms with van der Waals surface area (Å²) in [6.45, 7) is 1.85. The Morgan fingerprint density at radius 1 is 1.25 bits per heavy atom. The molecule has 2 N–H and O–H groups in total. The number of aryl methyl sites for hydroxylation is 1. The largest absolute Gasteiger partial charge is 0.482 e. The average molecular weight is 160 g/mol. The highest BCUT2D eigenvalue weighted by Gasteiger charge is 2.02. The molecule has 2 radical (unpaired) electrons. The van der Waals surface area contributed by atoms with Crippen LogP contribution >= 0.6 is 0 Å². The van der Waals surface area contributed by atoms with Gasteiger partial charge in [-0.15, -0.1) is 0 Å². The first-order chi connectivity index (χ1) is 5.63. The van der Waals surface area contributed by atoms with Gasteiger partial charge in [-0.2, -0.15) is 0 Å². The normalized spacial score (nSPS) is 9.42. The maximum Gasteiger partial charge on any atom is 0.267 e. The number of hydrogen-bond acceptors (Lipinski definition) is 2. The van der Waals surface area contributed by atoms with Crippen LogP contribution in [0.2, 0.25) is 0 Å². The Bertz CT molecular complexity index is 314. The van der Waals surface area contributed by atoms with Crippen molar-refractivity contribution in [2.24, 2.45) is 0 Å². The van der Waals surface area contributed by atoms with Crippen LogP contribution in [0.5, 0.6) is 0 Å². The molecule has 1 aromatic rings. The topological polar surface area (TPSA) is 40.5 Å². The summed E-state index contributed by atoms with van der Waals surface area (Å²) in [4.78, 5) is 0. The van der Waals surface area contributed by atoms with Gasteiger partial charge in [0.1, 0.15) is 7.85 Å². The molecule has 0 aliphatic heterocycles. The van der Waals surface area contributed by atoms with Crippen molar-refractivity contribution in [1.29, 1.82) is 0 Å². The van der Waals surface area contributed by atoms with Crippen molar-refractivity contribution in [3.05, 3.63) is 41.3 Å². The molecular formula is C9H9BO2. The van der Waals surface area contributed by atoms with E-state index in [1.807, 2.05) is 19.1 Å². The van der Waals surface area contributed by atoms with Crippen LogP contribution in [0.25, 0.3) is 5.47 Å². The molecule has 0 saturated carbocycles. The number of benzene rings is 1. The van der Waals surface area contributed by atoms with Gasteiger partial charge in [0.25, 0.3) is 5.95 Å². The number of aliphatic hydroxyl groups excluding tert-OH is 1. The predicted molar refractivity (Wildman–Crippen MR) is 49.1 cm³/mol. The lowest BCUT2D eigenvalue weighted by molar-refractivity contribution is 0.196. The van der Waals surface area contributed by atoms with Crippen LogP contribution in [-0.4, -0.2) is 18.1 Å². The lowest BCUT2D eigenvalue weighted by Gasteiger charge is -2.05. The van der Waals surface area contributed by atoms with Gasteiger partial charge in [-0.25, -0.2) is 0 Å².